The Hall–Kier alpha value is -3.12. The van der Waals surface area contributed by atoms with E-state index in [4.69, 9.17) is 9.15 Å². The summed E-state index contributed by atoms with van der Waals surface area (Å²) in [6.45, 7) is 4.68. The van der Waals surface area contributed by atoms with Gasteiger partial charge in [0.25, 0.3) is 11.8 Å². The molecule has 0 unspecified atom stereocenters. The lowest BCUT2D eigenvalue weighted by Gasteiger charge is -2.09. The highest BCUT2D eigenvalue weighted by molar-refractivity contribution is 6.07. The van der Waals surface area contributed by atoms with Crippen molar-refractivity contribution in [2.45, 2.75) is 33.1 Å². The maximum Gasteiger partial charge on any atom is 0.291 e. The highest BCUT2D eigenvalue weighted by Crippen LogP contribution is 2.28. The first kappa shape index (κ1) is 17.3. The molecule has 1 aliphatic heterocycles. The minimum Gasteiger partial charge on any atom is -0.451 e. The predicted molar refractivity (Wildman–Crippen MR) is 102 cm³/mol. The van der Waals surface area contributed by atoms with E-state index in [1.54, 1.807) is 12.1 Å². The fourth-order valence-corrected chi connectivity index (χ4v) is 3.15. The Balaban J connectivity index is 1.65. The molecule has 2 aromatic carbocycles. The largest absolute Gasteiger partial charge is 0.451 e. The van der Waals surface area contributed by atoms with E-state index in [1.807, 2.05) is 44.2 Å². The van der Waals surface area contributed by atoms with Crippen LogP contribution in [-0.2, 0) is 17.9 Å². The van der Waals surface area contributed by atoms with E-state index in [1.165, 1.54) is 0 Å². The molecular formula is C21H20N2O4. The molecule has 2 amide bonds. The van der Waals surface area contributed by atoms with Gasteiger partial charge in [-0.15, -0.1) is 0 Å². The van der Waals surface area contributed by atoms with Crippen LogP contribution in [0.1, 0.15) is 45.9 Å². The third-order valence-corrected chi connectivity index (χ3v) is 4.52. The standard InChI is InChI=1S/C21H20N2O4/c1-12(2)26-11-17-15-5-3-4-6-18(15)27-19(17)21(25)23-14-8-7-13-10-22-20(24)16(13)9-14/h3-9,12H,10-11H2,1-2H3,(H,22,24)(H,23,25). The fourth-order valence-electron chi connectivity index (χ4n) is 3.15. The first-order valence-electron chi connectivity index (χ1n) is 8.87. The monoisotopic (exact) mass is 364 g/mol. The van der Waals surface area contributed by atoms with Crippen molar-refractivity contribution in [2.75, 3.05) is 5.32 Å². The van der Waals surface area contributed by atoms with E-state index in [-0.39, 0.29) is 30.3 Å². The van der Waals surface area contributed by atoms with Crippen LogP contribution in [0.25, 0.3) is 11.0 Å². The first-order chi connectivity index (χ1) is 13.0. The van der Waals surface area contributed by atoms with Crippen LogP contribution < -0.4 is 10.6 Å². The number of carbonyl (C=O) groups is 2. The number of para-hydroxylation sites is 1. The second kappa shape index (κ2) is 6.89. The van der Waals surface area contributed by atoms with Gasteiger partial charge in [-0.3, -0.25) is 9.59 Å². The highest BCUT2D eigenvalue weighted by Gasteiger charge is 2.23. The number of nitrogens with one attached hydrogen (secondary N) is 2. The highest BCUT2D eigenvalue weighted by atomic mass is 16.5. The minimum absolute atomic E-state index is 0.0322. The number of fused-ring (bicyclic) bond motifs is 2. The number of anilines is 1. The number of benzene rings is 2. The zero-order valence-electron chi connectivity index (χ0n) is 15.2. The van der Waals surface area contributed by atoms with Crippen molar-refractivity contribution in [1.82, 2.24) is 5.32 Å². The number of furan rings is 1. The Morgan fingerprint density at radius 1 is 1.26 bits per heavy atom. The normalized spacial score (nSPS) is 13.1. The van der Waals surface area contributed by atoms with E-state index < -0.39 is 0 Å². The summed E-state index contributed by atoms with van der Waals surface area (Å²) in [5.41, 5.74) is 3.41. The lowest BCUT2D eigenvalue weighted by Crippen LogP contribution is -2.15. The topological polar surface area (TPSA) is 80.6 Å². The van der Waals surface area contributed by atoms with Crippen LogP contribution in [0, 0.1) is 0 Å². The summed E-state index contributed by atoms with van der Waals surface area (Å²) in [6.07, 6.45) is 0.0322. The molecule has 1 aromatic heterocycles. The van der Waals surface area contributed by atoms with Gasteiger partial charge in [-0.2, -0.15) is 0 Å². The number of carbonyl (C=O) groups excluding carboxylic acids is 2. The Morgan fingerprint density at radius 3 is 2.89 bits per heavy atom. The van der Waals surface area contributed by atoms with Crippen LogP contribution in [0.15, 0.2) is 46.9 Å². The summed E-state index contributed by atoms with van der Waals surface area (Å²) < 4.78 is 11.5. The van der Waals surface area contributed by atoms with Crippen molar-refractivity contribution in [3.05, 3.63) is 64.9 Å². The third-order valence-electron chi connectivity index (χ3n) is 4.52. The molecule has 0 atom stereocenters. The minimum atomic E-state index is -0.369. The number of hydrogen-bond donors (Lipinski definition) is 2. The molecule has 2 N–H and O–H groups in total. The maximum absolute atomic E-state index is 12.9. The van der Waals surface area contributed by atoms with Gasteiger partial charge in [0.15, 0.2) is 5.76 Å². The molecule has 0 radical (unpaired) electrons. The Morgan fingerprint density at radius 2 is 2.07 bits per heavy atom. The molecule has 0 spiro atoms. The lowest BCUT2D eigenvalue weighted by molar-refractivity contribution is 0.0648. The van der Waals surface area contributed by atoms with Gasteiger partial charge in [0.1, 0.15) is 5.58 Å². The molecule has 6 heteroatoms. The Labute approximate surface area is 156 Å². The van der Waals surface area contributed by atoms with Gasteiger partial charge in [-0.25, -0.2) is 0 Å². The van der Waals surface area contributed by atoms with E-state index in [2.05, 4.69) is 10.6 Å². The van der Waals surface area contributed by atoms with Crippen LogP contribution >= 0.6 is 0 Å². The first-order valence-corrected chi connectivity index (χ1v) is 8.87. The van der Waals surface area contributed by atoms with Gasteiger partial charge in [0.2, 0.25) is 0 Å². The molecular weight excluding hydrogens is 344 g/mol. The molecule has 0 aliphatic carbocycles. The smallest absolute Gasteiger partial charge is 0.291 e. The van der Waals surface area contributed by atoms with E-state index >= 15 is 0 Å². The van der Waals surface area contributed by atoms with Crippen molar-refractivity contribution >= 4 is 28.5 Å². The van der Waals surface area contributed by atoms with E-state index in [9.17, 15) is 9.59 Å². The zero-order chi connectivity index (χ0) is 19.0. The summed E-state index contributed by atoms with van der Waals surface area (Å²) in [5, 5.41) is 6.45. The van der Waals surface area contributed by atoms with Gasteiger partial charge < -0.3 is 19.8 Å². The number of hydrogen-bond acceptors (Lipinski definition) is 4. The fraction of sp³-hybridized carbons (Fsp3) is 0.238. The Bertz CT molecular complexity index is 1040. The zero-order valence-corrected chi connectivity index (χ0v) is 15.2. The molecule has 1 aliphatic rings. The van der Waals surface area contributed by atoms with E-state index in [0.717, 1.165) is 16.5 Å². The van der Waals surface area contributed by atoms with Crippen LogP contribution in [0.4, 0.5) is 5.69 Å². The number of ether oxygens (including phenoxy) is 1. The molecule has 27 heavy (non-hydrogen) atoms. The molecule has 3 aromatic rings. The second-order valence-corrected chi connectivity index (χ2v) is 6.77. The van der Waals surface area contributed by atoms with E-state index in [0.29, 0.717) is 23.4 Å². The number of rotatable bonds is 5. The maximum atomic E-state index is 12.9. The van der Waals surface area contributed by atoms with Crippen molar-refractivity contribution < 1.29 is 18.7 Å². The van der Waals surface area contributed by atoms with Gasteiger partial charge in [-0.1, -0.05) is 24.3 Å². The van der Waals surface area contributed by atoms with Crippen molar-refractivity contribution in [2.24, 2.45) is 0 Å². The quantitative estimate of drug-likeness (QED) is 0.720. The lowest BCUT2D eigenvalue weighted by atomic mass is 10.1. The molecule has 0 bridgehead atoms. The molecule has 2 heterocycles. The summed E-state index contributed by atoms with van der Waals surface area (Å²) in [6, 6.07) is 12.8. The average Bonchev–Trinajstić information content (AvgIpc) is 3.21. The summed E-state index contributed by atoms with van der Waals surface area (Å²) in [7, 11) is 0. The SMILES string of the molecule is CC(C)OCc1c(C(=O)Nc2ccc3c(c2)C(=O)NC3)oc2ccccc12. The average molecular weight is 364 g/mol. The molecule has 0 saturated carbocycles. The second-order valence-electron chi connectivity index (χ2n) is 6.77. The van der Waals surface area contributed by atoms with Crippen LogP contribution in [-0.4, -0.2) is 17.9 Å². The van der Waals surface area contributed by atoms with Crippen LogP contribution in [0.2, 0.25) is 0 Å². The van der Waals surface area contributed by atoms with Crippen molar-refractivity contribution in [1.29, 1.82) is 0 Å². The van der Waals surface area contributed by atoms with Gasteiger partial charge in [0.05, 0.1) is 12.7 Å². The molecule has 6 nitrogen and oxygen atoms in total. The van der Waals surface area contributed by atoms with Crippen LogP contribution in [0.5, 0.6) is 0 Å². The Kier molecular flexibility index (Phi) is 4.41. The van der Waals surface area contributed by atoms with Gasteiger partial charge >= 0.3 is 0 Å². The van der Waals surface area contributed by atoms with Gasteiger partial charge in [-0.05, 0) is 37.6 Å². The van der Waals surface area contributed by atoms with Crippen molar-refractivity contribution in [3.63, 3.8) is 0 Å². The van der Waals surface area contributed by atoms with Gasteiger partial charge in [0, 0.05) is 28.7 Å². The van der Waals surface area contributed by atoms with Crippen LogP contribution in [0.3, 0.4) is 0 Å². The number of amides is 2. The molecule has 0 fully saturated rings. The predicted octanol–water partition coefficient (Wildman–Crippen LogP) is 3.85. The summed E-state index contributed by atoms with van der Waals surface area (Å²) >= 11 is 0. The third kappa shape index (κ3) is 3.31. The summed E-state index contributed by atoms with van der Waals surface area (Å²) in [4.78, 5) is 24.7. The summed E-state index contributed by atoms with van der Waals surface area (Å²) in [5.74, 6) is -0.274. The molecule has 4 rings (SSSR count). The molecule has 138 valence electrons. The molecule has 0 saturated heterocycles. The van der Waals surface area contributed by atoms with Crippen molar-refractivity contribution in [3.8, 4) is 0 Å².